The number of aromatic hydroxyl groups is 1. The number of amides is 1. The second kappa shape index (κ2) is 9.91. The molecule has 2 aromatic rings. The third kappa shape index (κ3) is 5.36. The Morgan fingerprint density at radius 3 is 2.61 bits per heavy atom. The molecule has 3 aliphatic rings. The van der Waals surface area contributed by atoms with E-state index in [1.54, 1.807) is 18.2 Å². The van der Waals surface area contributed by atoms with Crippen molar-refractivity contribution in [3.63, 3.8) is 0 Å². The zero-order chi connectivity index (χ0) is 22.6. The maximum Gasteiger partial charge on any atom is 0.410 e. The first-order chi connectivity index (χ1) is 16.1. The molecule has 5 rings (SSSR count). The lowest BCUT2D eigenvalue weighted by Gasteiger charge is -2.36. The summed E-state index contributed by atoms with van der Waals surface area (Å²) >= 11 is 0. The first-order valence-electron chi connectivity index (χ1n) is 12.0. The van der Waals surface area contributed by atoms with Gasteiger partial charge in [-0.3, -0.25) is 4.90 Å². The Labute approximate surface area is 194 Å². The van der Waals surface area contributed by atoms with Gasteiger partial charge in [0.25, 0.3) is 0 Å². The molecule has 3 aliphatic heterocycles. The van der Waals surface area contributed by atoms with Crippen LogP contribution in [0.25, 0.3) is 0 Å². The summed E-state index contributed by atoms with van der Waals surface area (Å²) in [5, 5.41) is 9.68. The number of cyclic esters (lactones) is 1. The van der Waals surface area contributed by atoms with Crippen molar-refractivity contribution in [3.8, 4) is 17.2 Å². The number of carbonyl (C=O) groups excluding carboxylic acids is 1. The molecule has 0 aromatic heterocycles. The second-order valence-corrected chi connectivity index (χ2v) is 9.33. The van der Waals surface area contributed by atoms with E-state index in [2.05, 4.69) is 17.0 Å². The molecule has 2 fully saturated rings. The predicted molar refractivity (Wildman–Crippen MR) is 124 cm³/mol. The summed E-state index contributed by atoms with van der Waals surface area (Å²) in [7, 11) is 0. The minimum absolute atomic E-state index is 0.0334. The number of likely N-dealkylation sites (tertiary alicyclic amines) is 1. The number of phenolic OH excluding ortho intramolecular Hbond substituents is 1. The van der Waals surface area contributed by atoms with Gasteiger partial charge < -0.3 is 24.2 Å². The molecule has 2 atom stereocenters. The minimum atomic E-state index is -0.172. The van der Waals surface area contributed by atoms with Crippen molar-refractivity contribution in [1.82, 2.24) is 9.80 Å². The summed E-state index contributed by atoms with van der Waals surface area (Å²) in [5.74, 6) is 2.11. The monoisotopic (exact) mass is 452 g/mol. The SMILES string of the molecule is O=C1OCC(Cc2ccccc2)N1CCC1CCN(CC2COc3ccc(O)cc3O2)CC1. The summed E-state index contributed by atoms with van der Waals surface area (Å²) in [5.41, 5.74) is 1.24. The summed E-state index contributed by atoms with van der Waals surface area (Å²) < 4.78 is 17.2. The van der Waals surface area contributed by atoms with Gasteiger partial charge in [-0.25, -0.2) is 4.79 Å². The van der Waals surface area contributed by atoms with Crippen LogP contribution in [0.5, 0.6) is 17.2 Å². The molecular weight excluding hydrogens is 420 g/mol. The fourth-order valence-corrected chi connectivity index (χ4v) is 5.08. The highest BCUT2D eigenvalue weighted by molar-refractivity contribution is 5.70. The average molecular weight is 453 g/mol. The van der Waals surface area contributed by atoms with Crippen LogP contribution >= 0.6 is 0 Å². The summed E-state index contributed by atoms with van der Waals surface area (Å²) in [6, 6.07) is 15.4. The number of ether oxygens (including phenoxy) is 3. The molecule has 0 bridgehead atoms. The van der Waals surface area contributed by atoms with Crippen LogP contribution < -0.4 is 9.47 Å². The smallest absolute Gasteiger partial charge is 0.410 e. The number of carbonyl (C=O) groups is 1. The van der Waals surface area contributed by atoms with Crippen LogP contribution in [0.4, 0.5) is 4.79 Å². The molecule has 176 valence electrons. The molecule has 0 saturated carbocycles. The van der Waals surface area contributed by atoms with Crippen LogP contribution in [0.15, 0.2) is 48.5 Å². The van der Waals surface area contributed by atoms with Crippen LogP contribution in [0.3, 0.4) is 0 Å². The van der Waals surface area contributed by atoms with Crippen molar-refractivity contribution in [2.75, 3.05) is 39.4 Å². The number of phenols is 1. The zero-order valence-electron chi connectivity index (χ0n) is 18.9. The second-order valence-electron chi connectivity index (χ2n) is 9.33. The van der Waals surface area contributed by atoms with E-state index in [-0.39, 0.29) is 24.0 Å². The number of nitrogens with zero attached hydrogens (tertiary/aromatic N) is 2. The maximum atomic E-state index is 12.3. The van der Waals surface area contributed by atoms with E-state index in [9.17, 15) is 9.90 Å². The lowest BCUT2D eigenvalue weighted by molar-refractivity contribution is 0.0463. The van der Waals surface area contributed by atoms with E-state index in [0.717, 1.165) is 51.9 Å². The number of hydrogen-bond donors (Lipinski definition) is 1. The van der Waals surface area contributed by atoms with Crippen molar-refractivity contribution in [3.05, 3.63) is 54.1 Å². The normalized spacial score (nSPS) is 23.5. The minimum Gasteiger partial charge on any atom is -0.508 e. The summed E-state index contributed by atoms with van der Waals surface area (Å²) in [6.07, 6.45) is 3.90. The molecule has 0 aliphatic carbocycles. The van der Waals surface area contributed by atoms with Gasteiger partial charge in [0, 0.05) is 19.2 Å². The van der Waals surface area contributed by atoms with Crippen LogP contribution in [0.2, 0.25) is 0 Å². The fourth-order valence-electron chi connectivity index (χ4n) is 5.08. The van der Waals surface area contributed by atoms with Crippen LogP contribution in [0.1, 0.15) is 24.8 Å². The van der Waals surface area contributed by atoms with E-state index in [1.807, 2.05) is 23.1 Å². The Bertz CT molecular complexity index is 945. The molecule has 2 saturated heterocycles. The van der Waals surface area contributed by atoms with Crippen molar-refractivity contribution in [2.45, 2.75) is 37.8 Å². The third-order valence-corrected chi connectivity index (χ3v) is 6.98. The standard InChI is InChI=1S/C26H32N2O5/c29-22-6-7-24-25(15-22)33-23(18-31-24)16-27-11-8-19(9-12-27)10-13-28-21(17-32-26(28)30)14-20-4-2-1-3-5-20/h1-7,15,19,21,23,29H,8-14,16-18H2. The lowest BCUT2D eigenvalue weighted by Crippen LogP contribution is -2.44. The molecule has 2 unspecified atom stereocenters. The first kappa shape index (κ1) is 21.9. The van der Waals surface area contributed by atoms with Crippen molar-refractivity contribution in [2.24, 2.45) is 5.92 Å². The number of piperidine rings is 1. The number of benzene rings is 2. The Kier molecular flexibility index (Phi) is 6.58. The highest BCUT2D eigenvalue weighted by Gasteiger charge is 2.33. The third-order valence-electron chi connectivity index (χ3n) is 6.98. The molecule has 7 heteroatoms. The van der Waals surface area contributed by atoms with E-state index < -0.39 is 0 Å². The summed E-state index contributed by atoms with van der Waals surface area (Å²) in [6.45, 7) is 4.64. The maximum absolute atomic E-state index is 12.3. The topological polar surface area (TPSA) is 71.5 Å². The molecule has 7 nitrogen and oxygen atoms in total. The van der Waals surface area contributed by atoms with Crippen molar-refractivity contribution in [1.29, 1.82) is 0 Å². The molecular formula is C26H32N2O5. The van der Waals surface area contributed by atoms with Gasteiger partial charge in [0.1, 0.15) is 25.1 Å². The van der Waals surface area contributed by atoms with E-state index in [4.69, 9.17) is 14.2 Å². The van der Waals surface area contributed by atoms with Crippen LogP contribution in [-0.4, -0.2) is 72.5 Å². The molecule has 1 N–H and O–H groups in total. The van der Waals surface area contributed by atoms with Gasteiger partial charge in [-0.05, 0) is 62.4 Å². The number of hydrogen-bond acceptors (Lipinski definition) is 6. The van der Waals surface area contributed by atoms with E-state index in [1.165, 1.54) is 5.56 Å². The largest absolute Gasteiger partial charge is 0.508 e. The van der Waals surface area contributed by atoms with Gasteiger partial charge in [-0.2, -0.15) is 0 Å². The zero-order valence-corrected chi connectivity index (χ0v) is 18.9. The van der Waals surface area contributed by atoms with Gasteiger partial charge in [0.05, 0.1) is 6.04 Å². The highest BCUT2D eigenvalue weighted by atomic mass is 16.6. The summed E-state index contributed by atoms with van der Waals surface area (Å²) in [4.78, 5) is 16.6. The number of rotatable bonds is 7. The fraction of sp³-hybridized carbons (Fsp3) is 0.500. The molecule has 1 amide bonds. The van der Waals surface area contributed by atoms with Gasteiger partial charge in [0.15, 0.2) is 11.5 Å². The van der Waals surface area contributed by atoms with E-state index in [0.29, 0.717) is 30.6 Å². The Balaban J connectivity index is 1.06. The van der Waals surface area contributed by atoms with Crippen LogP contribution in [0, 0.1) is 5.92 Å². The quantitative estimate of drug-likeness (QED) is 0.691. The van der Waals surface area contributed by atoms with E-state index >= 15 is 0 Å². The Hall–Kier alpha value is -2.93. The van der Waals surface area contributed by atoms with Crippen molar-refractivity contribution < 1.29 is 24.1 Å². The first-order valence-corrected chi connectivity index (χ1v) is 12.0. The van der Waals surface area contributed by atoms with Gasteiger partial charge in [-0.1, -0.05) is 30.3 Å². The van der Waals surface area contributed by atoms with Gasteiger partial charge in [-0.15, -0.1) is 0 Å². The van der Waals surface area contributed by atoms with Crippen LogP contribution in [-0.2, 0) is 11.2 Å². The molecule has 0 spiro atoms. The molecule has 2 aromatic carbocycles. The molecule has 33 heavy (non-hydrogen) atoms. The van der Waals surface area contributed by atoms with Crippen molar-refractivity contribution >= 4 is 6.09 Å². The molecule has 3 heterocycles. The number of fused-ring (bicyclic) bond motifs is 1. The highest BCUT2D eigenvalue weighted by Crippen LogP contribution is 2.35. The lowest BCUT2D eigenvalue weighted by atomic mass is 9.93. The predicted octanol–water partition coefficient (Wildman–Crippen LogP) is 3.70. The van der Waals surface area contributed by atoms with Gasteiger partial charge in [0.2, 0.25) is 0 Å². The van der Waals surface area contributed by atoms with Gasteiger partial charge >= 0.3 is 6.09 Å². The Morgan fingerprint density at radius 2 is 1.79 bits per heavy atom. The molecule has 0 radical (unpaired) electrons. The average Bonchev–Trinajstić information content (AvgIpc) is 3.18. The Morgan fingerprint density at radius 1 is 0.970 bits per heavy atom.